The highest BCUT2D eigenvalue weighted by Gasteiger charge is 2.20. The van der Waals surface area contributed by atoms with Crippen LogP contribution in [0, 0.1) is 0 Å². The Morgan fingerprint density at radius 3 is 2.67 bits per heavy atom. The molecule has 0 spiro atoms. The van der Waals surface area contributed by atoms with E-state index in [0.29, 0.717) is 6.04 Å². The Hall–Kier alpha value is -1.71. The predicted molar refractivity (Wildman–Crippen MR) is 75.2 cm³/mol. The molecule has 2 rings (SSSR count). The van der Waals surface area contributed by atoms with Gasteiger partial charge in [-0.3, -0.25) is 4.90 Å². The molecular formula is C14H21N3O. The summed E-state index contributed by atoms with van der Waals surface area (Å²) in [7, 11) is 0. The van der Waals surface area contributed by atoms with Gasteiger partial charge in [-0.15, -0.1) is 0 Å². The molecule has 98 valence electrons. The molecule has 1 aromatic carbocycles. The second-order valence-electron chi connectivity index (χ2n) is 4.76. The number of nitrogens with one attached hydrogen (secondary N) is 2. The van der Waals surface area contributed by atoms with Crippen molar-refractivity contribution in [2.75, 3.05) is 23.3 Å². The molecule has 0 bridgehead atoms. The Morgan fingerprint density at radius 2 is 2.11 bits per heavy atom. The molecule has 1 aromatic rings. The second-order valence-corrected chi connectivity index (χ2v) is 4.76. The Morgan fingerprint density at radius 1 is 1.39 bits per heavy atom. The largest absolute Gasteiger partial charge is 0.383 e. The standard InChI is InChI=1S/C14H21N3O/c1-3-4-11(2)16-12-5-7-13(8-6-12)17-10-9-15-14(17)18/h5-8,11,16H,3-4,9-10H2,1-2H3,(H,15,18). The quantitative estimate of drug-likeness (QED) is 0.840. The van der Waals surface area contributed by atoms with E-state index in [0.717, 1.165) is 30.9 Å². The fourth-order valence-corrected chi connectivity index (χ4v) is 2.25. The van der Waals surface area contributed by atoms with Crippen LogP contribution in [0.15, 0.2) is 24.3 Å². The van der Waals surface area contributed by atoms with Crippen LogP contribution in [-0.4, -0.2) is 25.2 Å². The van der Waals surface area contributed by atoms with Gasteiger partial charge in [0, 0.05) is 30.5 Å². The molecule has 18 heavy (non-hydrogen) atoms. The van der Waals surface area contributed by atoms with Crippen LogP contribution in [0.25, 0.3) is 0 Å². The second kappa shape index (κ2) is 5.76. The van der Waals surface area contributed by atoms with Gasteiger partial charge in [-0.25, -0.2) is 4.79 Å². The average molecular weight is 247 g/mol. The smallest absolute Gasteiger partial charge is 0.321 e. The van der Waals surface area contributed by atoms with Gasteiger partial charge in [0.1, 0.15) is 0 Å². The van der Waals surface area contributed by atoms with E-state index in [-0.39, 0.29) is 6.03 Å². The summed E-state index contributed by atoms with van der Waals surface area (Å²) in [5.41, 5.74) is 2.07. The summed E-state index contributed by atoms with van der Waals surface area (Å²) >= 11 is 0. The fourth-order valence-electron chi connectivity index (χ4n) is 2.25. The maximum atomic E-state index is 11.5. The van der Waals surface area contributed by atoms with Crippen molar-refractivity contribution in [3.05, 3.63) is 24.3 Å². The van der Waals surface area contributed by atoms with E-state index in [9.17, 15) is 4.79 Å². The lowest BCUT2D eigenvalue weighted by Crippen LogP contribution is -2.27. The number of carbonyl (C=O) groups excluding carboxylic acids is 1. The molecule has 1 saturated heterocycles. The number of rotatable bonds is 5. The van der Waals surface area contributed by atoms with E-state index in [1.807, 2.05) is 24.3 Å². The third-order valence-electron chi connectivity index (χ3n) is 3.17. The molecule has 4 heteroatoms. The van der Waals surface area contributed by atoms with Gasteiger partial charge < -0.3 is 10.6 Å². The van der Waals surface area contributed by atoms with Gasteiger partial charge in [0.2, 0.25) is 0 Å². The van der Waals surface area contributed by atoms with Crippen molar-refractivity contribution in [2.24, 2.45) is 0 Å². The number of carbonyl (C=O) groups is 1. The molecule has 0 saturated carbocycles. The van der Waals surface area contributed by atoms with E-state index in [1.54, 1.807) is 4.90 Å². The highest BCUT2D eigenvalue weighted by molar-refractivity contribution is 5.94. The fraction of sp³-hybridized carbons (Fsp3) is 0.500. The average Bonchev–Trinajstić information content (AvgIpc) is 2.77. The lowest BCUT2D eigenvalue weighted by molar-refractivity contribution is 0.252. The summed E-state index contributed by atoms with van der Waals surface area (Å²) in [6, 6.07) is 8.53. The van der Waals surface area contributed by atoms with Crippen LogP contribution >= 0.6 is 0 Å². The zero-order valence-corrected chi connectivity index (χ0v) is 11.1. The van der Waals surface area contributed by atoms with Crippen molar-refractivity contribution in [1.82, 2.24) is 5.32 Å². The number of hydrogen-bond acceptors (Lipinski definition) is 2. The van der Waals surface area contributed by atoms with E-state index in [4.69, 9.17) is 0 Å². The molecule has 2 N–H and O–H groups in total. The van der Waals surface area contributed by atoms with Crippen molar-refractivity contribution >= 4 is 17.4 Å². The van der Waals surface area contributed by atoms with Gasteiger partial charge in [0.15, 0.2) is 0 Å². The first kappa shape index (κ1) is 12.7. The Kier molecular flexibility index (Phi) is 4.07. The number of urea groups is 1. The number of hydrogen-bond donors (Lipinski definition) is 2. The first-order valence-corrected chi connectivity index (χ1v) is 6.62. The maximum absolute atomic E-state index is 11.5. The third-order valence-corrected chi connectivity index (χ3v) is 3.17. The van der Waals surface area contributed by atoms with Gasteiger partial charge in [0.25, 0.3) is 0 Å². The van der Waals surface area contributed by atoms with E-state index >= 15 is 0 Å². The minimum absolute atomic E-state index is 0.00457. The zero-order chi connectivity index (χ0) is 13.0. The molecule has 0 radical (unpaired) electrons. The van der Waals surface area contributed by atoms with Crippen molar-refractivity contribution in [3.63, 3.8) is 0 Å². The summed E-state index contributed by atoms with van der Waals surface area (Å²) in [4.78, 5) is 13.3. The van der Waals surface area contributed by atoms with Crippen LogP contribution in [-0.2, 0) is 0 Å². The maximum Gasteiger partial charge on any atom is 0.321 e. The lowest BCUT2D eigenvalue weighted by atomic mass is 10.2. The first-order chi connectivity index (χ1) is 8.70. The van der Waals surface area contributed by atoms with Gasteiger partial charge in [-0.1, -0.05) is 13.3 Å². The summed E-state index contributed by atoms with van der Waals surface area (Å²) in [5, 5.41) is 6.26. The van der Waals surface area contributed by atoms with Crippen molar-refractivity contribution in [3.8, 4) is 0 Å². The van der Waals surface area contributed by atoms with Crippen molar-refractivity contribution < 1.29 is 4.79 Å². The van der Waals surface area contributed by atoms with Crippen molar-refractivity contribution in [2.45, 2.75) is 32.7 Å². The molecule has 4 nitrogen and oxygen atoms in total. The Balaban J connectivity index is 1.99. The summed E-state index contributed by atoms with van der Waals surface area (Å²) in [6.45, 7) is 5.85. The monoisotopic (exact) mass is 247 g/mol. The molecule has 0 aliphatic carbocycles. The van der Waals surface area contributed by atoms with Crippen LogP contribution in [0.1, 0.15) is 26.7 Å². The minimum Gasteiger partial charge on any atom is -0.383 e. The minimum atomic E-state index is -0.00457. The van der Waals surface area contributed by atoms with Crippen LogP contribution in [0.5, 0.6) is 0 Å². The molecule has 1 aliphatic rings. The number of anilines is 2. The summed E-state index contributed by atoms with van der Waals surface area (Å²) in [6.07, 6.45) is 2.34. The number of benzene rings is 1. The molecule has 2 amide bonds. The van der Waals surface area contributed by atoms with Crippen LogP contribution < -0.4 is 15.5 Å². The van der Waals surface area contributed by atoms with Gasteiger partial charge in [-0.2, -0.15) is 0 Å². The van der Waals surface area contributed by atoms with Gasteiger partial charge in [-0.05, 0) is 37.6 Å². The third kappa shape index (κ3) is 2.94. The Labute approximate surface area is 108 Å². The predicted octanol–water partition coefficient (Wildman–Crippen LogP) is 2.82. The lowest BCUT2D eigenvalue weighted by Gasteiger charge is -2.17. The van der Waals surface area contributed by atoms with Crippen LogP contribution in [0.3, 0.4) is 0 Å². The molecule has 1 heterocycles. The van der Waals surface area contributed by atoms with E-state index in [2.05, 4.69) is 24.5 Å². The zero-order valence-electron chi connectivity index (χ0n) is 11.1. The number of amides is 2. The molecule has 1 atom stereocenters. The first-order valence-electron chi connectivity index (χ1n) is 6.62. The highest BCUT2D eigenvalue weighted by atomic mass is 16.2. The van der Waals surface area contributed by atoms with Gasteiger partial charge >= 0.3 is 6.03 Å². The molecular weight excluding hydrogens is 226 g/mol. The van der Waals surface area contributed by atoms with E-state index in [1.165, 1.54) is 6.42 Å². The normalized spacial score (nSPS) is 16.6. The molecule has 1 aliphatic heterocycles. The highest BCUT2D eigenvalue weighted by Crippen LogP contribution is 2.20. The van der Waals surface area contributed by atoms with Crippen LogP contribution in [0.2, 0.25) is 0 Å². The topological polar surface area (TPSA) is 44.4 Å². The number of nitrogens with zero attached hydrogens (tertiary/aromatic N) is 1. The molecule has 1 fully saturated rings. The van der Waals surface area contributed by atoms with Crippen molar-refractivity contribution in [1.29, 1.82) is 0 Å². The summed E-state index contributed by atoms with van der Waals surface area (Å²) in [5.74, 6) is 0. The summed E-state index contributed by atoms with van der Waals surface area (Å²) < 4.78 is 0. The Bertz CT molecular complexity index is 402. The van der Waals surface area contributed by atoms with Gasteiger partial charge in [0.05, 0.1) is 0 Å². The molecule has 0 aromatic heterocycles. The van der Waals surface area contributed by atoms with Crippen LogP contribution in [0.4, 0.5) is 16.2 Å². The SMILES string of the molecule is CCCC(C)Nc1ccc(N2CCNC2=O)cc1. The molecule has 1 unspecified atom stereocenters. The van der Waals surface area contributed by atoms with E-state index < -0.39 is 0 Å².